The van der Waals surface area contributed by atoms with E-state index in [-0.39, 0.29) is 18.0 Å². The van der Waals surface area contributed by atoms with Gasteiger partial charge in [-0.2, -0.15) is 10.2 Å². The maximum absolute atomic E-state index is 12.0. The van der Waals surface area contributed by atoms with Gasteiger partial charge in [0.05, 0.1) is 28.6 Å². The van der Waals surface area contributed by atoms with Gasteiger partial charge in [0.15, 0.2) is 0 Å². The van der Waals surface area contributed by atoms with Crippen molar-refractivity contribution >= 4 is 33.4 Å². The Hall–Kier alpha value is -2.16. The summed E-state index contributed by atoms with van der Waals surface area (Å²) in [7, 11) is 1.59. The van der Waals surface area contributed by atoms with E-state index in [2.05, 4.69) is 31.4 Å². The Labute approximate surface area is 135 Å². The molecule has 0 bridgehead atoms. The third kappa shape index (κ3) is 3.19. The van der Waals surface area contributed by atoms with Crippen molar-refractivity contribution in [3.05, 3.63) is 27.8 Å². The van der Waals surface area contributed by atoms with Crippen LogP contribution in [-0.2, 0) is 18.4 Å². The molecular weight excluding hydrogens is 352 g/mol. The van der Waals surface area contributed by atoms with E-state index in [4.69, 9.17) is 5.73 Å². The molecule has 0 aliphatic rings. The van der Waals surface area contributed by atoms with Crippen molar-refractivity contribution in [2.24, 2.45) is 12.8 Å². The van der Waals surface area contributed by atoms with Gasteiger partial charge in [0.25, 0.3) is 5.91 Å². The molecule has 0 fully saturated rings. The third-order valence-corrected chi connectivity index (χ3v) is 4.44. The van der Waals surface area contributed by atoms with Gasteiger partial charge in [-0.15, -0.1) is 0 Å². The van der Waals surface area contributed by atoms with Gasteiger partial charge in [-0.1, -0.05) is 0 Å². The molecule has 2 heterocycles. The van der Waals surface area contributed by atoms with E-state index in [1.54, 1.807) is 11.7 Å². The number of amides is 2. The fraction of sp³-hybridized carbons (Fsp3) is 0.385. The number of hydrogen-bond acceptors (Lipinski definition) is 4. The summed E-state index contributed by atoms with van der Waals surface area (Å²) in [6.45, 7) is 4.26. The molecule has 2 amide bonds. The minimum atomic E-state index is -0.641. The lowest BCUT2D eigenvalue weighted by Crippen LogP contribution is -2.21. The third-order valence-electron chi connectivity index (χ3n) is 3.29. The molecule has 22 heavy (non-hydrogen) atoms. The first kappa shape index (κ1) is 16.2. The monoisotopic (exact) mass is 368 g/mol. The van der Waals surface area contributed by atoms with Crippen molar-refractivity contribution < 1.29 is 9.59 Å². The van der Waals surface area contributed by atoms with Crippen LogP contribution < -0.4 is 11.1 Å². The van der Waals surface area contributed by atoms with Crippen LogP contribution in [0.4, 0.5) is 5.69 Å². The van der Waals surface area contributed by atoms with E-state index in [1.807, 2.05) is 13.8 Å². The quantitative estimate of drug-likeness (QED) is 0.824. The topological polar surface area (TPSA) is 108 Å². The first-order valence-electron chi connectivity index (χ1n) is 6.62. The first-order valence-corrected chi connectivity index (χ1v) is 7.41. The number of rotatable bonds is 5. The van der Waals surface area contributed by atoms with Crippen LogP contribution in [0.1, 0.15) is 28.3 Å². The lowest BCUT2D eigenvalue weighted by molar-refractivity contribution is -0.116. The summed E-state index contributed by atoms with van der Waals surface area (Å²) < 4.78 is 4.03. The van der Waals surface area contributed by atoms with Gasteiger partial charge in [0.1, 0.15) is 5.69 Å². The Bertz CT molecular complexity index is 733. The van der Waals surface area contributed by atoms with Crippen LogP contribution in [0.3, 0.4) is 0 Å². The molecule has 0 atom stereocenters. The molecule has 118 valence electrons. The molecule has 2 rings (SSSR count). The first-order chi connectivity index (χ1) is 10.3. The highest BCUT2D eigenvalue weighted by atomic mass is 79.9. The highest BCUT2D eigenvalue weighted by Crippen LogP contribution is 2.20. The minimum absolute atomic E-state index is 0.169. The number of aromatic nitrogens is 4. The second-order valence-corrected chi connectivity index (χ2v) is 5.69. The molecule has 0 saturated heterocycles. The van der Waals surface area contributed by atoms with E-state index < -0.39 is 5.91 Å². The maximum Gasteiger partial charge on any atom is 0.269 e. The van der Waals surface area contributed by atoms with Gasteiger partial charge in [-0.05, 0) is 29.8 Å². The van der Waals surface area contributed by atoms with Gasteiger partial charge in [-0.3, -0.25) is 19.0 Å². The smallest absolute Gasteiger partial charge is 0.269 e. The van der Waals surface area contributed by atoms with Crippen molar-refractivity contribution in [1.29, 1.82) is 0 Å². The Balaban J connectivity index is 2.02. The molecule has 0 aliphatic heterocycles. The summed E-state index contributed by atoms with van der Waals surface area (Å²) in [5, 5.41) is 10.9. The molecule has 0 aromatic carbocycles. The van der Waals surface area contributed by atoms with Crippen LogP contribution in [0.15, 0.2) is 10.7 Å². The second kappa shape index (κ2) is 6.30. The summed E-state index contributed by atoms with van der Waals surface area (Å²) >= 11 is 3.44. The molecule has 0 radical (unpaired) electrons. The minimum Gasteiger partial charge on any atom is -0.364 e. The average Bonchev–Trinajstić information content (AvgIpc) is 2.92. The fourth-order valence-corrected chi connectivity index (χ4v) is 2.42. The van der Waals surface area contributed by atoms with Crippen molar-refractivity contribution in [2.45, 2.75) is 26.8 Å². The molecular formula is C13H17BrN6O2. The number of aryl methyl sites for hydroxylation is 3. The van der Waals surface area contributed by atoms with Crippen LogP contribution in [0, 0.1) is 13.8 Å². The van der Waals surface area contributed by atoms with Gasteiger partial charge < -0.3 is 11.1 Å². The Kier molecular flexibility index (Phi) is 4.65. The van der Waals surface area contributed by atoms with E-state index in [1.165, 1.54) is 10.9 Å². The van der Waals surface area contributed by atoms with Gasteiger partial charge in [0, 0.05) is 19.2 Å². The molecule has 0 spiro atoms. The van der Waals surface area contributed by atoms with Crippen LogP contribution in [0.2, 0.25) is 0 Å². The number of primary amides is 1. The highest BCUT2D eigenvalue weighted by Gasteiger charge is 2.16. The fourth-order valence-electron chi connectivity index (χ4n) is 2.13. The summed E-state index contributed by atoms with van der Waals surface area (Å²) in [5.74, 6) is -0.878. The summed E-state index contributed by atoms with van der Waals surface area (Å²) in [5.41, 5.74) is 7.59. The van der Waals surface area contributed by atoms with Crippen LogP contribution in [0.5, 0.6) is 0 Å². The van der Waals surface area contributed by atoms with Crippen molar-refractivity contribution in [2.75, 3.05) is 5.32 Å². The summed E-state index contributed by atoms with van der Waals surface area (Å²) in [4.78, 5) is 23.4. The number of halogens is 1. The number of nitrogens with two attached hydrogens (primary N) is 1. The number of nitrogens with zero attached hydrogens (tertiary/aromatic N) is 4. The van der Waals surface area contributed by atoms with Crippen LogP contribution >= 0.6 is 15.9 Å². The van der Waals surface area contributed by atoms with Gasteiger partial charge in [-0.25, -0.2) is 0 Å². The molecule has 3 N–H and O–H groups in total. The van der Waals surface area contributed by atoms with E-state index in [0.717, 1.165) is 15.9 Å². The predicted octanol–water partition coefficient (Wildman–Crippen LogP) is 1.12. The van der Waals surface area contributed by atoms with Gasteiger partial charge >= 0.3 is 0 Å². The lowest BCUT2D eigenvalue weighted by atomic mass is 10.3. The molecule has 2 aromatic rings. The number of nitrogens with one attached hydrogen (secondary N) is 1. The lowest BCUT2D eigenvalue weighted by Gasteiger charge is -2.06. The van der Waals surface area contributed by atoms with Crippen LogP contribution in [0.25, 0.3) is 0 Å². The molecule has 9 heteroatoms. The normalized spacial score (nSPS) is 10.7. The van der Waals surface area contributed by atoms with Crippen molar-refractivity contribution in [3.63, 3.8) is 0 Å². The Morgan fingerprint density at radius 3 is 2.64 bits per heavy atom. The Morgan fingerprint density at radius 2 is 2.09 bits per heavy atom. The molecule has 0 aliphatic carbocycles. The van der Waals surface area contributed by atoms with Crippen molar-refractivity contribution in [1.82, 2.24) is 19.6 Å². The maximum atomic E-state index is 12.0. The van der Waals surface area contributed by atoms with E-state index in [9.17, 15) is 9.59 Å². The summed E-state index contributed by atoms with van der Waals surface area (Å²) in [6.07, 6.45) is 1.62. The predicted molar refractivity (Wildman–Crippen MR) is 84.4 cm³/mol. The van der Waals surface area contributed by atoms with E-state index in [0.29, 0.717) is 12.2 Å². The average molecular weight is 369 g/mol. The zero-order valence-electron chi connectivity index (χ0n) is 12.6. The second-order valence-electron chi connectivity index (χ2n) is 4.90. The molecule has 8 nitrogen and oxygen atoms in total. The number of carbonyl (C=O) groups is 2. The summed E-state index contributed by atoms with van der Waals surface area (Å²) in [6, 6.07) is 0. The highest BCUT2D eigenvalue weighted by molar-refractivity contribution is 9.10. The standard InChI is InChI=1S/C13H17BrN6O2/c1-7-11(14)8(2)20(18-7)5-4-10(21)17-9-6-16-19(3)12(9)13(15)22/h6H,4-5H2,1-3H3,(H2,15,22)(H,17,21). The SMILES string of the molecule is Cc1nn(CCC(=O)Nc2cnn(C)c2C(N)=O)c(C)c1Br. The van der Waals surface area contributed by atoms with Crippen molar-refractivity contribution in [3.8, 4) is 0 Å². The molecule has 0 unspecified atom stereocenters. The van der Waals surface area contributed by atoms with E-state index >= 15 is 0 Å². The number of anilines is 1. The largest absolute Gasteiger partial charge is 0.364 e. The number of carbonyl (C=O) groups excluding carboxylic acids is 2. The van der Waals surface area contributed by atoms with Gasteiger partial charge in [0.2, 0.25) is 5.91 Å². The van der Waals surface area contributed by atoms with Crippen LogP contribution in [-0.4, -0.2) is 31.4 Å². The zero-order chi connectivity index (χ0) is 16.4. The molecule has 0 saturated carbocycles. The zero-order valence-corrected chi connectivity index (χ0v) is 14.1. The Morgan fingerprint density at radius 1 is 1.41 bits per heavy atom. The number of hydrogen-bond donors (Lipinski definition) is 2. The molecule has 2 aromatic heterocycles.